The fourth-order valence-corrected chi connectivity index (χ4v) is 3.47. The van der Waals surface area contributed by atoms with E-state index in [1.54, 1.807) is 0 Å². The van der Waals surface area contributed by atoms with Gasteiger partial charge in [0, 0.05) is 12.2 Å². The van der Waals surface area contributed by atoms with Crippen molar-refractivity contribution in [2.45, 2.75) is 104 Å². The molecule has 0 saturated carbocycles. The fourth-order valence-electron chi connectivity index (χ4n) is 3.47. The van der Waals surface area contributed by atoms with Crippen LogP contribution in [0.2, 0.25) is 0 Å². The van der Waals surface area contributed by atoms with Crippen molar-refractivity contribution in [1.82, 2.24) is 0 Å². The topological polar surface area (TPSA) is 52.6 Å². The Labute approximate surface area is 171 Å². The van der Waals surface area contributed by atoms with E-state index >= 15 is 0 Å². The Morgan fingerprint density at radius 2 is 1.32 bits per heavy atom. The average Bonchev–Trinajstić information content (AvgIpc) is 2.70. The zero-order chi connectivity index (χ0) is 20.5. The molecule has 0 aromatic rings. The Kier molecular flexibility index (Phi) is 14.3. The monoisotopic (exact) mass is 392 g/mol. The number of ether oxygens (including phenoxy) is 2. The predicted molar refractivity (Wildman–Crippen MR) is 114 cm³/mol. The Bertz CT molecular complexity index is 505. The summed E-state index contributed by atoms with van der Waals surface area (Å²) < 4.78 is 10.4. The first-order valence-corrected chi connectivity index (χ1v) is 11.3. The Balaban J connectivity index is 1.98. The molecule has 0 saturated heterocycles. The van der Waals surface area contributed by atoms with Gasteiger partial charge in [0.15, 0.2) is 0 Å². The summed E-state index contributed by atoms with van der Waals surface area (Å²) in [4.78, 5) is 23.4. The Morgan fingerprint density at radius 1 is 0.786 bits per heavy atom. The van der Waals surface area contributed by atoms with Crippen LogP contribution in [0.5, 0.6) is 0 Å². The highest BCUT2D eigenvalue weighted by atomic mass is 16.5. The van der Waals surface area contributed by atoms with Crippen molar-refractivity contribution in [3.63, 3.8) is 0 Å². The number of rotatable bonds is 15. The van der Waals surface area contributed by atoms with Gasteiger partial charge in [-0.2, -0.15) is 0 Å². The molecule has 0 radical (unpaired) electrons. The van der Waals surface area contributed by atoms with Gasteiger partial charge in [-0.05, 0) is 44.6 Å². The second kappa shape index (κ2) is 16.4. The molecule has 1 rings (SSSR count). The molecule has 1 aliphatic carbocycles. The van der Waals surface area contributed by atoms with Gasteiger partial charge in [0.2, 0.25) is 0 Å². The van der Waals surface area contributed by atoms with Crippen molar-refractivity contribution < 1.29 is 19.1 Å². The summed E-state index contributed by atoms with van der Waals surface area (Å²) >= 11 is 0. The first-order valence-electron chi connectivity index (χ1n) is 11.3. The molecule has 1 aliphatic rings. The molecule has 0 spiro atoms. The highest BCUT2D eigenvalue weighted by Crippen LogP contribution is 2.24. The predicted octanol–water partition coefficient (Wildman–Crippen LogP) is 6.44. The zero-order valence-corrected chi connectivity index (χ0v) is 18.1. The Hall–Kier alpha value is -1.58. The van der Waals surface area contributed by atoms with Gasteiger partial charge in [-0.1, -0.05) is 70.3 Å². The van der Waals surface area contributed by atoms with E-state index < -0.39 is 11.9 Å². The van der Waals surface area contributed by atoms with E-state index in [0.717, 1.165) is 32.1 Å². The Morgan fingerprint density at radius 3 is 1.93 bits per heavy atom. The molecular weight excluding hydrogens is 352 g/mol. The first-order chi connectivity index (χ1) is 13.6. The van der Waals surface area contributed by atoms with Gasteiger partial charge in [-0.3, -0.25) is 0 Å². The van der Waals surface area contributed by atoms with Crippen molar-refractivity contribution in [3.05, 3.63) is 23.3 Å². The second-order valence-electron chi connectivity index (χ2n) is 7.88. The van der Waals surface area contributed by atoms with Gasteiger partial charge < -0.3 is 9.47 Å². The molecular formula is C24H40O4. The van der Waals surface area contributed by atoms with E-state index in [0.29, 0.717) is 13.2 Å². The van der Waals surface area contributed by atoms with Gasteiger partial charge in [0.1, 0.15) is 6.61 Å². The van der Waals surface area contributed by atoms with Crippen molar-refractivity contribution in [2.75, 3.05) is 13.2 Å². The zero-order valence-electron chi connectivity index (χ0n) is 18.1. The molecule has 0 bridgehead atoms. The van der Waals surface area contributed by atoms with Gasteiger partial charge in [0.05, 0.1) is 6.61 Å². The molecule has 4 nitrogen and oxygen atoms in total. The van der Waals surface area contributed by atoms with E-state index in [-0.39, 0.29) is 0 Å². The van der Waals surface area contributed by atoms with E-state index in [4.69, 9.17) is 9.47 Å². The van der Waals surface area contributed by atoms with Crippen LogP contribution in [0.3, 0.4) is 0 Å². The van der Waals surface area contributed by atoms with Crippen LogP contribution in [-0.4, -0.2) is 25.2 Å². The number of hydrogen-bond acceptors (Lipinski definition) is 4. The summed E-state index contributed by atoms with van der Waals surface area (Å²) in [5, 5.41) is 0. The molecule has 0 heterocycles. The maximum Gasteiger partial charge on any atom is 0.331 e. The number of carbonyl (C=O) groups excluding carboxylic acids is 2. The lowest BCUT2D eigenvalue weighted by molar-refractivity contribution is -0.140. The molecule has 0 unspecified atom stereocenters. The minimum Gasteiger partial charge on any atom is -0.463 e. The molecule has 0 aliphatic heterocycles. The van der Waals surface area contributed by atoms with Crippen LogP contribution >= 0.6 is 0 Å². The fraction of sp³-hybridized carbons (Fsp3) is 0.750. The quantitative estimate of drug-likeness (QED) is 0.139. The van der Waals surface area contributed by atoms with E-state index in [9.17, 15) is 9.59 Å². The summed E-state index contributed by atoms with van der Waals surface area (Å²) in [6.45, 7) is 5.10. The maximum atomic E-state index is 11.7. The SMILES string of the molecule is CCCCCCCCCCCCOC(=O)/C=C/C(=O)OCC1=C(C)CCCC1. The average molecular weight is 393 g/mol. The highest BCUT2D eigenvalue weighted by Gasteiger charge is 2.10. The van der Waals surface area contributed by atoms with Crippen molar-refractivity contribution in [2.24, 2.45) is 0 Å². The largest absolute Gasteiger partial charge is 0.463 e. The maximum absolute atomic E-state index is 11.7. The normalized spacial score (nSPS) is 14.5. The smallest absolute Gasteiger partial charge is 0.331 e. The van der Waals surface area contributed by atoms with Gasteiger partial charge >= 0.3 is 11.9 Å². The summed E-state index contributed by atoms with van der Waals surface area (Å²) in [6, 6.07) is 0. The van der Waals surface area contributed by atoms with Gasteiger partial charge in [-0.15, -0.1) is 0 Å². The summed E-state index contributed by atoms with van der Waals surface area (Å²) in [7, 11) is 0. The lowest BCUT2D eigenvalue weighted by atomic mass is 9.93. The minimum absolute atomic E-state index is 0.336. The minimum atomic E-state index is -0.484. The molecule has 0 fully saturated rings. The number of esters is 2. The van der Waals surface area contributed by atoms with Gasteiger partial charge in [0.25, 0.3) is 0 Å². The summed E-state index contributed by atoms with van der Waals surface area (Å²) in [5.41, 5.74) is 2.55. The van der Waals surface area contributed by atoms with E-state index in [1.807, 2.05) is 0 Å². The van der Waals surface area contributed by atoms with Crippen LogP contribution in [0.1, 0.15) is 104 Å². The second-order valence-corrected chi connectivity index (χ2v) is 7.88. The van der Waals surface area contributed by atoms with Crippen LogP contribution in [0.25, 0.3) is 0 Å². The molecule has 160 valence electrons. The molecule has 0 amide bonds. The van der Waals surface area contributed by atoms with Crippen LogP contribution in [-0.2, 0) is 19.1 Å². The number of allylic oxidation sites excluding steroid dienone is 1. The third kappa shape index (κ3) is 12.7. The number of unbranched alkanes of at least 4 members (excludes halogenated alkanes) is 9. The lowest BCUT2D eigenvalue weighted by Gasteiger charge is -2.17. The summed E-state index contributed by atoms with van der Waals surface area (Å²) in [5.74, 6) is -0.956. The van der Waals surface area contributed by atoms with Crippen LogP contribution in [0.15, 0.2) is 23.3 Å². The molecule has 4 heteroatoms. The van der Waals surface area contributed by atoms with Crippen LogP contribution in [0, 0.1) is 0 Å². The first kappa shape index (κ1) is 24.5. The lowest BCUT2D eigenvalue weighted by Crippen LogP contribution is -2.10. The molecule has 0 aromatic heterocycles. The standard InChI is InChI=1S/C24H40O4/c1-3-4-5-6-7-8-9-10-11-14-19-27-23(25)17-18-24(26)28-20-22-16-13-12-15-21(22)2/h17-18H,3-16,19-20H2,1-2H3/b18-17+. The molecule has 28 heavy (non-hydrogen) atoms. The molecule has 0 N–H and O–H groups in total. The van der Waals surface area contributed by atoms with Crippen molar-refractivity contribution in [3.8, 4) is 0 Å². The summed E-state index contributed by atoms with van der Waals surface area (Å²) in [6.07, 6.45) is 19.3. The van der Waals surface area contributed by atoms with Crippen molar-refractivity contribution in [1.29, 1.82) is 0 Å². The third-order valence-corrected chi connectivity index (χ3v) is 5.37. The highest BCUT2D eigenvalue weighted by molar-refractivity contribution is 5.91. The molecule has 0 atom stereocenters. The molecule has 0 aromatic carbocycles. The number of hydrogen-bond donors (Lipinski definition) is 0. The van der Waals surface area contributed by atoms with Crippen LogP contribution in [0.4, 0.5) is 0 Å². The van der Waals surface area contributed by atoms with Gasteiger partial charge in [-0.25, -0.2) is 9.59 Å². The third-order valence-electron chi connectivity index (χ3n) is 5.37. The van der Waals surface area contributed by atoms with E-state index in [1.165, 1.54) is 81.1 Å². The number of carbonyl (C=O) groups is 2. The van der Waals surface area contributed by atoms with E-state index in [2.05, 4.69) is 13.8 Å². The van der Waals surface area contributed by atoms with Crippen molar-refractivity contribution >= 4 is 11.9 Å². The van der Waals surface area contributed by atoms with Crippen LogP contribution < -0.4 is 0 Å².